The van der Waals surface area contributed by atoms with Crippen LogP contribution in [-0.4, -0.2) is 22.6 Å². The lowest BCUT2D eigenvalue weighted by Crippen LogP contribution is -2.36. The summed E-state index contributed by atoms with van der Waals surface area (Å²) in [5, 5.41) is 3.74. The molecule has 21 heavy (non-hydrogen) atoms. The van der Waals surface area contributed by atoms with Gasteiger partial charge >= 0.3 is 0 Å². The van der Waals surface area contributed by atoms with Gasteiger partial charge in [-0.05, 0) is 67.4 Å². The third-order valence-electron chi connectivity index (χ3n) is 5.47. The van der Waals surface area contributed by atoms with E-state index in [-0.39, 0.29) is 0 Å². The lowest BCUT2D eigenvalue weighted by molar-refractivity contribution is 0.129. The molecule has 3 atom stereocenters. The van der Waals surface area contributed by atoms with Gasteiger partial charge in [-0.3, -0.25) is 0 Å². The van der Waals surface area contributed by atoms with E-state index in [0.29, 0.717) is 11.3 Å². The van der Waals surface area contributed by atoms with Crippen molar-refractivity contribution in [1.82, 2.24) is 15.3 Å². The van der Waals surface area contributed by atoms with Crippen LogP contribution in [0.1, 0.15) is 64.4 Å². The fourth-order valence-corrected chi connectivity index (χ4v) is 3.78. The second-order valence-corrected chi connectivity index (χ2v) is 8.10. The quantitative estimate of drug-likeness (QED) is 0.916. The highest BCUT2D eigenvalue weighted by Crippen LogP contribution is 2.46. The molecule has 0 bridgehead atoms. The SMILES string of the molecule is CC(C)(C)C1CCC(CNC2CC2)C(c2cncnc2)C1. The maximum atomic E-state index is 4.26. The first-order valence-corrected chi connectivity index (χ1v) is 8.52. The van der Waals surface area contributed by atoms with Crippen LogP contribution in [0.3, 0.4) is 0 Å². The molecule has 1 aromatic heterocycles. The monoisotopic (exact) mass is 287 g/mol. The third-order valence-corrected chi connectivity index (χ3v) is 5.47. The number of aromatic nitrogens is 2. The zero-order valence-corrected chi connectivity index (χ0v) is 13.7. The Bertz CT molecular complexity index is 447. The van der Waals surface area contributed by atoms with Gasteiger partial charge in [-0.1, -0.05) is 20.8 Å². The smallest absolute Gasteiger partial charge is 0.115 e. The Kier molecular flexibility index (Phi) is 4.30. The Morgan fingerprint density at radius 1 is 1.10 bits per heavy atom. The van der Waals surface area contributed by atoms with Gasteiger partial charge in [0.05, 0.1) is 0 Å². The van der Waals surface area contributed by atoms with E-state index in [2.05, 4.69) is 36.1 Å². The number of rotatable bonds is 4. The van der Waals surface area contributed by atoms with Crippen molar-refractivity contribution in [3.05, 3.63) is 24.3 Å². The largest absolute Gasteiger partial charge is 0.314 e. The van der Waals surface area contributed by atoms with E-state index in [4.69, 9.17) is 0 Å². The number of nitrogens with zero attached hydrogens (tertiary/aromatic N) is 2. The molecule has 0 spiro atoms. The van der Waals surface area contributed by atoms with Crippen LogP contribution in [0.2, 0.25) is 0 Å². The van der Waals surface area contributed by atoms with E-state index in [9.17, 15) is 0 Å². The Morgan fingerprint density at radius 2 is 1.81 bits per heavy atom. The first kappa shape index (κ1) is 15.0. The van der Waals surface area contributed by atoms with Crippen molar-refractivity contribution < 1.29 is 0 Å². The van der Waals surface area contributed by atoms with Crippen LogP contribution in [0.5, 0.6) is 0 Å². The summed E-state index contributed by atoms with van der Waals surface area (Å²) in [4.78, 5) is 8.52. The fourth-order valence-electron chi connectivity index (χ4n) is 3.78. The third kappa shape index (κ3) is 3.82. The van der Waals surface area contributed by atoms with E-state index < -0.39 is 0 Å². The first-order valence-electron chi connectivity index (χ1n) is 8.52. The lowest BCUT2D eigenvalue weighted by atomic mass is 9.64. The molecule has 2 fully saturated rings. The molecule has 0 aromatic carbocycles. The summed E-state index contributed by atoms with van der Waals surface area (Å²) in [6.45, 7) is 8.33. The minimum atomic E-state index is 0.406. The van der Waals surface area contributed by atoms with Crippen molar-refractivity contribution in [3.63, 3.8) is 0 Å². The molecule has 2 aliphatic rings. The van der Waals surface area contributed by atoms with Gasteiger partial charge in [0.1, 0.15) is 6.33 Å². The maximum absolute atomic E-state index is 4.26. The zero-order chi connectivity index (χ0) is 14.9. The molecule has 0 aliphatic heterocycles. The number of hydrogen-bond acceptors (Lipinski definition) is 3. The van der Waals surface area contributed by atoms with Crippen LogP contribution in [-0.2, 0) is 0 Å². The Balaban J connectivity index is 1.73. The predicted octanol–water partition coefficient (Wildman–Crippen LogP) is 3.77. The molecule has 2 saturated carbocycles. The van der Waals surface area contributed by atoms with Gasteiger partial charge in [-0.15, -0.1) is 0 Å². The molecular formula is C18H29N3. The second-order valence-electron chi connectivity index (χ2n) is 8.10. The molecule has 0 saturated heterocycles. The van der Waals surface area contributed by atoms with Gasteiger partial charge in [0.2, 0.25) is 0 Å². The van der Waals surface area contributed by atoms with Crippen molar-refractivity contribution in [3.8, 4) is 0 Å². The average molecular weight is 287 g/mol. The highest BCUT2D eigenvalue weighted by atomic mass is 14.9. The normalized spacial score (nSPS) is 30.3. The molecule has 3 rings (SSSR count). The summed E-state index contributed by atoms with van der Waals surface area (Å²) in [5.74, 6) is 2.17. The van der Waals surface area contributed by atoms with Crippen LogP contribution in [0, 0.1) is 17.3 Å². The van der Waals surface area contributed by atoms with Crippen LogP contribution in [0.4, 0.5) is 0 Å². The van der Waals surface area contributed by atoms with Gasteiger partial charge in [-0.2, -0.15) is 0 Å². The Morgan fingerprint density at radius 3 is 2.43 bits per heavy atom. The summed E-state index contributed by atoms with van der Waals surface area (Å²) in [5.41, 5.74) is 1.75. The van der Waals surface area contributed by atoms with Gasteiger partial charge in [0.15, 0.2) is 0 Å². The molecule has 2 aliphatic carbocycles. The topological polar surface area (TPSA) is 37.8 Å². The summed E-state index contributed by atoms with van der Waals surface area (Å²) in [6.07, 6.45) is 12.4. The highest BCUT2D eigenvalue weighted by molar-refractivity contribution is 5.14. The highest BCUT2D eigenvalue weighted by Gasteiger charge is 2.37. The van der Waals surface area contributed by atoms with Crippen LogP contribution in [0.25, 0.3) is 0 Å². The zero-order valence-electron chi connectivity index (χ0n) is 13.7. The molecular weight excluding hydrogens is 258 g/mol. The van der Waals surface area contributed by atoms with Crippen molar-refractivity contribution in [2.24, 2.45) is 17.3 Å². The second kappa shape index (κ2) is 6.04. The fraction of sp³-hybridized carbons (Fsp3) is 0.778. The van der Waals surface area contributed by atoms with Crippen molar-refractivity contribution >= 4 is 0 Å². The Hall–Kier alpha value is -0.960. The van der Waals surface area contributed by atoms with Crippen molar-refractivity contribution in [1.29, 1.82) is 0 Å². The van der Waals surface area contributed by atoms with E-state index in [1.807, 2.05) is 12.4 Å². The predicted molar refractivity (Wildman–Crippen MR) is 86.1 cm³/mol. The maximum Gasteiger partial charge on any atom is 0.115 e. The van der Waals surface area contributed by atoms with Gasteiger partial charge in [-0.25, -0.2) is 9.97 Å². The van der Waals surface area contributed by atoms with Gasteiger partial charge < -0.3 is 5.32 Å². The van der Waals surface area contributed by atoms with Crippen LogP contribution < -0.4 is 5.32 Å². The minimum absolute atomic E-state index is 0.406. The summed E-state index contributed by atoms with van der Waals surface area (Å²) < 4.78 is 0. The molecule has 3 nitrogen and oxygen atoms in total. The molecule has 1 aromatic rings. The van der Waals surface area contributed by atoms with Crippen LogP contribution in [0.15, 0.2) is 18.7 Å². The van der Waals surface area contributed by atoms with E-state index >= 15 is 0 Å². The van der Waals surface area contributed by atoms with E-state index in [0.717, 1.165) is 17.9 Å². The molecule has 3 heteroatoms. The van der Waals surface area contributed by atoms with Crippen molar-refractivity contribution in [2.75, 3.05) is 6.54 Å². The molecule has 0 amide bonds. The molecule has 116 valence electrons. The number of nitrogens with one attached hydrogen (secondary N) is 1. The van der Waals surface area contributed by atoms with Crippen molar-refractivity contribution in [2.45, 2.75) is 64.8 Å². The molecule has 3 unspecified atom stereocenters. The summed E-state index contributed by atoms with van der Waals surface area (Å²) >= 11 is 0. The standard InChI is InChI=1S/C18H29N3/c1-18(2,3)15-5-4-13(11-21-16-6-7-16)17(8-15)14-9-19-12-20-10-14/h9-10,12-13,15-17,21H,4-8,11H2,1-3H3. The average Bonchev–Trinajstić information content (AvgIpc) is 3.29. The van der Waals surface area contributed by atoms with E-state index in [1.165, 1.54) is 44.2 Å². The van der Waals surface area contributed by atoms with Gasteiger partial charge in [0.25, 0.3) is 0 Å². The number of hydrogen-bond donors (Lipinski definition) is 1. The van der Waals surface area contributed by atoms with Gasteiger partial charge in [0, 0.05) is 18.4 Å². The first-order chi connectivity index (χ1) is 10.0. The molecule has 1 N–H and O–H groups in total. The Labute approximate surface area is 129 Å². The van der Waals surface area contributed by atoms with Crippen LogP contribution >= 0.6 is 0 Å². The summed E-state index contributed by atoms with van der Waals surface area (Å²) in [7, 11) is 0. The molecule has 1 heterocycles. The molecule has 0 radical (unpaired) electrons. The van der Waals surface area contributed by atoms with E-state index in [1.54, 1.807) is 6.33 Å². The minimum Gasteiger partial charge on any atom is -0.314 e. The summed E-state index contributed by atoms with van der Waals surface area (Å²) in [6, 6.07) is 0.804. The lowest BCUT2D eigenvalue weighted by Gasteiger charge is -2.42.